The summed E-state index contributed by atoms with van der Waals surface area (Å²) in [5, 5.41) is 4.44. The zero-order chi connectivity index (χ0) is 20.4. The summed E-state index contributed by atoms with van der Waals surface area (Å²) in [5.41, 5.74) is 4.55. The van der Waals surface area contributed by atoms with Gasteiger partial charge in [-0.1, -0.05) is 23.7 Å². The molecule has 1 heterocycles. The van der Waals surface area contributed by atoms with Gasteiger partial charge < -0.3 is 14.6 Å². The molecule has 4 nitrogen and oxygen atoms in total. The molecule has 0 unspecified atom stereocenters. The van der Waals surface area contributed by atoms with Gasteiger partial charge in [-0.25, -0.2) is 0 Å². The number of amides is 1. The number of rotatable bonds is 5. The van der Waals surface area contributed by atoms with Crippen LogP contribution in [0.15, 0.2) is 72.8 Å². The lowest BCUT2D eigenvalue weighted by Gasteiger charge is -2.10. The summed E-state index contributed by atoms with van der Waals surface area (Å²) in [6.45, 7) is 2.97. The monoisotopic (exact) mass is 404 g/mol. The second-order valence-electron chi connectivity index (χ2n) is 6.71. The van der Waals surface area contributed by atoms with Gasteiger partial charge in [-0.05, 0) is 73.2 Å². The van der Waals surface area contributed by atoms with Gasteiger partial charge in [0.25, 0.3) is 5.91 Å². The lowest BCUT2D eigenvalue weighted by atomic mass is 10.1. The van der Waals surface area contributed by atoms with Crippen LogP contribution in [0.5, 0.6) is 5.75 Å². The molecule has 1 aromatic heterocycles. The third kappa shape index (κ3) is 3.71. The predicted molar refractivity (Wildman–Crippen MR) is 119 cm³/mol. The molecule has 0 aliphatic rings. The fourth-order valence-corrected chi connectivity index (χ4v) is 3.76. The lowest BCUT2D eigenvalue weighted by molar-refractivity contribution is 0.102. The van der Waals surface area contributed by atoms with E-state index in [4.69, 9.17) is 16.3 Å². The first kappa shape index (κ1) is 19.1. The van der Waals surface area contributed by atoms with E-state index in [1.54, 1.807) is 31.4 Å². The van der Waals surface area contributed by atoms with Gasteiger partial charge >= 0.3 is 0 Å². The fourth-order valence-electron chi connectivity index (χ4n) is 3.53. The summed E-state index contributed by atoms with van der Waals surface area (Å²) < 4.78 is 7.52. The van der Waals surface area contributed by atoms with Crippen LogP contribution in [0.4, 0.5) is 5.69 Å². The largest absolute Gasteiger partial charge is 0.497 e. The number of halogens is 1. The molecular weight excluding hydrogens is 384 g/mol. The molecule has 0 spiro atoms. The molecule has 0 aliphatic carbocycles. The SMILES string of the molecule is CCn1c(-c2ccc(OC)cc2)cc2cc(NC(=O)c3ccccc3Cl)ccc21. The third-order valence-corrected chi connectivity index (χ3v) is 5.31. The summed E-state index contributed by atoms with van der Waals surface area (Å²) >= 11 is 6.14. The van der Waals surface area contributed by atoms with Crippen molar-refractivity contribution in [3.8, 4) is 17.0 Å². The molecule has 0 aliphatic heterocycles. The normalized spacial score (nSPS) is 10.9. The summed E-state index contributed by atoms with van der Waals surface area (Å²) in [4.78, 5) is 12.6. The highest BCUT2D eigenvalue weighted by Gasteiger charge is 2.13. The smallest absolute Gasteiger partial charge is 0.257 e. The minimum Gasteiger partial charge on any atom is -0.497 e. The number of benzene rings is 3. The van der Waals surface area contributed by atoms with Gasteiger partial charge in [-0.15, -0.1) is 0 Å². The van der Waals surface area contributed by atoms with Crippen molar-refractivity contribution >= 4 is 34.1 Å². The molecule has 3 aromatic carbocycles. The van der Waals surface area contributed by atoms with Crippen molar-refractivity contribution in [1.82, 2.24) is 4.57 Å². The van der Waals surface area contributed by atoms with Crippen molar-refractivity contribution in [2.75, 3.05) is 12.4 Å². The average Bonchev–Trinajstić information content (AvgIpc) is 3.11. The topological polar surface area (TPSA) is 43.3 Å². The Labute approximate surface area is 174 Å². The maximum atomic E-state index is 12.6. The molecule has 5 heteroatoms. The number of carbonyl (C=O) groups excluding carboxylic acids is 1. The molecule has 4 rings (SSSR count). The Morgan fingerprint density at radius 1 is 1.03 bits per heavy atom. The predicted octanol–water partition coefficient (Wildman–Crippen LogP) is 6.24. The quantitative estimate of drug-likeness (QED) is 0.427. The number of nitrogens with one attached hydrogen (secondary N) is 1. The fraction of sp³-hybridized carbons (Fsp3) is 0.125. The van der Waals surface area contributed by atoms with Gasteiger partial charge in [0.1, 0.15) is 5.75 Å². The number of aryl methyl sites for hydroxylation is 1. The molecule has 0 atom stereocenters. The highest BCUT2D eigenvalue weighted by molar-refractivity contribution is 6.34. The Kier molecular flexibility index (Phi) is 5.28. The van der Waals surface area contributed by atoms with E-state index in [1.807, 2.05) is 30.3 Å². The summed E-state index contributed by atoms with van der Waals surface area (Å²) in [5.74, 6) is 0.609. The van der Waals surface area contributed by atoms with Crippen LogP contribution in [0.2, 0.25) is 5.02 Å². The van der Waals surface area contributed by atoms with E-state index in [1.165, 1.54) is 0 Å². The van der Waals surface area contributed by atoms with E-state index < -0.39 is 0 Å². The number of aromatic nitrogens is 1. The molecule has 0 saturated heterocycles. The Hall–Kier alpha value is -3.24. The molecule has 0 fully saturated rings. The minimum atomic E-state index is -0.222. The number of nitrogens with zero attached hydrogens (tertiary/aromatic N) is 1. The lowest BCUT2D eigenvalue weighted by Crippen LogP contribution is -2.12. The zero-order valence-electron chi connectivity index (χ0n) is 16.3. The highest BCUT2D eigenvalue weighted by atomic mass is 35.5. The number of ether oxygens (including phenoxy) is 1. The van der Waals surface area contributed by atoms with Crippen molar-refractivity contribution in [2.45, 2.75) is 13.5 Å². The maximum Gasteiger partial charge on any atom is 0.257 e. The highest BCUT2D eigenvalue weighted by Crippen LogP contribution is 2.31. The van der Waals surface area contributed by atoms with E-state index in [0.717, 1.165) is 40.1 Å². The van der Waals surface area contributed by atoms with Crippen molar-refractivity contribution < 1.29 is 9.53 Å². The number of hydrogen-bond acceptors (Lipinski definition) is 2. The maximum absolute atomic E-state index is 12.6. The Balaban J connectivity index is 1.69. The summed E-state index contributed by atoms with van der Waals surface area (Å²) in [6.07, 6.45) is 0. The van der Waals surface area contributed by atoms with Crippen LogP contribution in [0.1, 0.15) is 17.3 Å². The van der Waals surface area contributed by atoms with Gasteiger partial charge in [0.15, 0.2) is 0 Å². The van der Waals surface area contributed by atoms with Crippen LogP contribution in [0, 0.1) is 0 Å². The van der Waals surface area contributed by atoms with Gasteiger partial charge in [0.05, 0.1) is 17.7 Å². The van der Waals surface area contributed by atoms with Crippen LogP contribution in [-0.2, 0) is 6.54 Å². The molecule has 29 heavy (non-hydrogen) atoms. The number of carbonyl (C=O) groups is 1. The second kappa shape index (κ2) is 8.02. The van der Waals surface area contributed by atoms with E-state index in [2.05, 4.69) is 35.0 Å². The van der Waals surface area contributed by atoms with Gasteiger partial charge in [-0.2, -0.15) is 0 Å². The molecule has 146 valence electrons. The van der Waals surface area contributed by atoms with Crippen LogP contribution < -0.4 is 10.1 Å². The molecule has 1 amide bonds. The van der Waals surface area contributed by atoms with E-state index >= 15 is 0 Å². The first-order valence-corrected chi connectivity index (χ1v) is 9.82. The number of hydrogen-bond donors (Lipinski definition) is 1. The molecule has 4 aromatic rings. The minimum absolute atomic E-state index is 0.222. The van der Waals surface area contributed by atoms with Gasteiger partial charge in [0, 0.05) is 28.8 Å². The first-order chi connectivity index (χ1) is 14.1. The number of methoxy groups -OCH3 is 1. The Bertz CT molecular complexity index is 1180. The zero-order valence-corrected chi connectivity index (χ0v) is 17.0. The van der Waals surface area contributed by atoms with Crippen LogP contribution >= 0.6 is 11.6 Å². The van der Waals surface area contributed by atoms with Gasteiger partial charge in [-0.3, -0.25) is 4.79 Å². The molecule has 0 radical (unpaired) electrons. The summed E-state index contributed by atoms with van der Waals surface area (Å²) in [7, 11) is 1.66. The molecule has 0 saturated carbocycles. The van der Waals surface area contributed by atoms with Crippen LogP contribution in [0.25, 0.3) is 22.2 Å². The van der Waals surface area contributed by atoms with E-state index in [-0.39, 0.29) is 5.91 Å². The van der Waals surface area contributed by atoms with E-state index in [0.29, 0.717) is 10.6 Å². The standard InChI is InChI=1S/C24H21ClN2O2/c1-3-27-22-13-10-18(26-24(28)20-6-4-5-7-21(20)25)14-17(22)15-23(27)16-8-11-19(29-2)12-9-16/h4-15H,3H2,1-2H3,(H,26,28). The third-order valence-electron chi connectivity index (χ3n) is 4.98. The molecule has 1 N–H and O–H groups in total. The van der Waals surface area contributed by atoms with E-state index in [9.17, 15) is 4.79 Å². The van der Waals surface area contributed by atoms with Crippen molar-refractivity contribution in [2.24, 2.45) is 0 Å². The molecular formula is C24H21ClN2O2. The van der Waals surface area contributed by atoms with Gasteiger partial charge in [0.2, 0.25) is 0 Å². The number of anilines is 1. The van der Waals surface area contributed by atoms with Crippen molar-refractivity contribution in [1.29, 1.82) is 0 Å². The van der Waals surface area contributed by atoms with Crippen LogP contribution in [-0.4, -0.2) is 17.6 Å². The Morgan fingerprint density at radius 3 is 2.48 bits per heavy atom. The van der Waals surface area contributed by atoms with Crippen molar-refractivity contribution in [3.63, 3.8) is 0 Å². The first-order valence-electron chi connectivity index (χ1n) is 9.44. The average molecular weight is 405 g/mol. The van der Waals surface area contributed by atoms with Crippen LogP contribution in [0.3, 0.4) is 0 Å². The number of fused-ring (bicyclic) bond motifs is 1. The summed E-state index contributed by atoms with van der Waals surface area (Å²) in [6, 6.07) is 23.1. The second-order valence-corrected chi connectivity index (χ2v) is 7.12. The Morgan fingerprint density at radius 2 is 1.79 bits per heavy atom. The van der Waals surface area contributed by atoms with Crippen molar-refractivity contribution in [3.05, 3.63) is 83.4 Å². The molecule has 0 bridgehead atoms.